The molecule has 0 saturated carbocycles. The van der Waals surface area contributed by atoms with Crippen molar-refractivity contribution in [2.75, 3.05) is 5.75 Å². The number of aromatic nitrogens is 1. The standard InChI is InChI=1S/C9H12N2O4S/c10-9(12)8(4-7-16(13,14)15)11-5-2-1-3-6-11/h1-3,5-6,8H,4,7H2,(H2-,10,12,13,14,15). The number of nitrogens with zero attached hydrogens (tertiary/aromatic N) is 1. The number of nitrogens with two attached hydrogens (primary N) is 1. The zero-order chi connectivity index (χ0) is 12.2. The molecule has 1 rings (SSSR count). The van der Waals surface area contributed by atoms with Crippen molar-refractivity contribution in [3.63, 3.8) is 0 Å². The maximum atomic E-state index is 11.1. The first-order chi connectivity index (χ1) is 7.40. The Labute approximate surface area is 93.5 Å². The van der Waals surface area contributed by atoms with Crippen molar-refractivity contribution < 1.29 is 22.3 Å². The Morgan fingerprint density at radius 3 is 2.31 bits per heavy atom. The minimum atomic E-state index is -4.33. The van der Waals surface area contributed by atoms with Gasteiger partial charge in [0.05, 0.1) is 10.1 Å². The lowest BCUT2D eigenvalue weighted by Gasteiger charge is -2.10. The number of primary amides is 1. The molecular formula is C9H12N2O4S. The summed E-state index contributed by atoms with van der Waals surface area (Å²) in [5.74, 6) is -1.28. The average Bonchev–Trinajstić information content (AvgIpc) is 2.17. The van der Waals surface area contributed by atoms with Crippen LogP contribution in [0.5, 0.6) is 0 Å². The van der Waals surface area contributed by atoms with Crippen LogP contribution in [0.25, 0.3) is 0 Å². The Hall–Kier alpha value is -1.47. The van der Waals surface area contributed by atoms with Crippen LogP contribution in [-0.4, -0.2) is 24.6 Å². The molecule has 1 aromatic rings. The topological polar surface area (TPSA) is 104 Å². The Balaban J connectivity index is 2.81. The number of amides is 1. The van der Waals surface area contributed by atoms with Crippen LogP contribution >= 0.6 is 0 Å². The van der Waals surface area contributed by atoms with E-state index in [1.54, 1.807) is 30.6 Å². The molecule has 1 heterocycles. The molecule has 0 bridgehead atoms. The van der Waals surface area contributed by atoms with Crippen LogP contribution in [0.1, 0.15) is 12.5 Å². The van der Waals surface area contributed by atoms with E-state index in [1.165, 1.54) is 4.57 Å². The van der Waals surface area contributed by atoms with Gasteiger partial charge in [0.25, 0.3) is 5.91 Å². The molecule has 1 atom stereocenters. The molecule has 0 radical (unpaired) electrons. The van der Waals surface area contributed by atoms with Gasteiger partial charge in [-0.05, 0) is 0 Å². The van der Waals surface area contributed by atoms with Gasteiger partial charge in [-0.1, -0.05) is 6.07 Å². The number of rotatable bonds is 5. The van der Waals surface area contributed by atoms with Crippen LogP contribution in [0.4, 0.5) is 0 Å². The third-order valence-electron chi connectivity index (χ3n) is 2.07. The Bertz CT molecular complexity index is 458. The molecule has 6 nitrogen and oxygen atoms in total. The quantitative estimate of drug-likeness (QED) is 0.526. The SMILES string of the molecule is NC(=O)C(CCS(=O)(=O)[O-])[n+]1ccccc1. The van der Waals surface area contributed by atoms with E-state index in [4.69, 9.17) is 5.73 Å². The number of pyridine rings is 1. The smallest absolute Gasteiger partial charge is 0.286 e. The molecule has 0 spiro atoms. The highest BCUT2D eigenvalue weighted by Crippen LogP contribution is 2.03. The molecular weight excluding hydrogens is 232 g/mol. The summed E-state index contributed by atoms with van der Waals surface area (Å²) in [6.07, 6.45) is 3.07. The minimum absolute atomic E-state index is 0.115. The summed E-state index contributed by atoms with van der Waals surface area (Å²) in [6, 6.07) is 4.30. The average molecular weight is 244 g/mol. The molecule has 7 heteroatoms. The molecule has 88 valence electrons. The lowest BCUT2D eigenvalue weighted by atomic mass is 10.2. The summed E-state index contributed by atoms with van der Waals surface area (Å²) < 4.78 is 32.9. The largest absolute Gasteiger partial charge is 0.748 e. The lowest BCUT2D eigenvalue weighted by Crippen LogP contribution is -2.46. The van der Waals surface area contributed by atoms with E-state index in [9.17, 15) is 17.8 Å². The van der Waals surface area contributed by atoms with Gasteiger partial charge in [0.1, 0.15) is 0 Å². The van der Waals surface area contributed by atoms with Crippen molar-refractivity contribution in [1.29, 1.82) is 0 Å². The van der Waals surface area contributed by atoms with Crippen molar-refractivity contribution in [3.05, 3.63) is 30.6 Å². The molecule has 1 aromatic heterocycles. The second-order valence-corrected chi connectivity index (χ2v) is 4.81. The van der Waals surface area contributed by atoms with E-state index in [2.05, 4.69) is 0 Å². The van der Waals surface area contributed by atoms with E-state index >= 15 is 0 Å². The summed E-state index contributed by atoms with van der Waals surface area (Å²) in [7, 11) is -4.33. The Morgan fingerprint density at radius 2 is 1.88 bits per heavy atom. The van der Waals surface area contributed by atoms with E-state index in [0.717, 1.165) is 0 Å². The maximum absolute atomic E-state index is 11.1. The van der Waals surface area contributed by atoms with Gasteiger partial charge in [-0.15, -0.1) is 0 Å². The van der Waals surface area contributed by atoms with Crippen molar-refractivity contribution in [1.82, 2.24) is 0 Å². The first-order valence-electron chi connectivity index (χ1n) is 4.59. The molecule has 0 fully saturated rings. The molecule has 0 aliphatic heterocycles. The molecule has 0 aliphatic carbocycles. The fourth-order valence-corrected chi connectivity index (χ4v) is 1.83. The van der Waals surface area contributed by atoms with Gasteiger partial charge < -0.3 is 10.3 Å². The van der Waals surface area contributed by atoms with Gasteiger partial charge in [0, 0.05) is 24.3 Å². The molecule has 0 aliphatic rings. The fraction of sp³-hybridized carbons (Fsp3) is 0.333. The van der Waals surface area contributed by atoms with Crippen LogP contribution in [0.15, 0.2) is 30.6 Å². The minimum Gasteiger partial charge on any atom is -0.748 e. The number of carbonyl (C=O) groups excluding carboxylic acids is 1. The Kier molecular flexibility index (Phi) is 3.97. The van der Waals surface area contributed by atoms with Gasteiger partial charge in [-0.3, -0.25) is 4.79 Å². The zero-order valence-corrected chi connectivity index (χ0v) is 9.26. The van der Waals surface area contributed by atoms with E-state index in [-0.39, 0.29) is 6.42 Å². The molecule has 1 amide bonds. The van der Waals surface area contributed by atoms with Crippen LogP contribution in [0.3, 0.4) is 0 Å². The number of hydrogen-bond donors (Lipinski definition) is 1. The summed E-state index contributed by atoms with van der Waals surface area (Å²) >= 11 is 0. The predicted octanol–water partition coefficient (Wildman–Crippen LogP) is -1.06. The fourth-order valence-electron chi connectivity index (χ4n) is 1.31. The van der Waals surface area contributed by atoms with Gasteiger partial charge in [-0.25, -0.2) is 8.42 Å². The summed E-state index contributed by atoms with van der Waals surface area (Å²) in [6.45, 7) is 0. The molecule has 0 saturated heterocycles. The van der Waals surface area contributed by atoms with Crippen molar-refractivity contribution in [2.24, 2.45) is 5.73 Å². The highest BCUT2D eigenvalue weighted by Gasteiger charge is 2.24. The molecule has 1 unspecified atom stereocenters. The van der Waals surface area contributed by atoms with Gasteiger partial charge in [0.2, 0.25) is 6.04 Å². The monoisotopic (exact) mass is 244 g/mol. The van der Waals surface area contributed by atoms with E-state index in [0.29, 0.717) is 0 Å². The first kappa shape index (κ1) is 12.6. The summed E-state index contributed by atoms with van der Waals surface area (Å²) in [5, 5.41) is 0. The van der Waals surface area contributed by atoms with Crippen molar-refractivity contribution >= 4 is 16.0 Å². The second kappa shape index (κ2) is 5.04. The number of hydrogen-bond acceptors (Lipinski definition) is 4. The van der Waals surface area contributed by atoms with Gasteiger partial charge in [-0.2, -0.15) is 4.57 Å². The third-order valence-corrected chi connectivity index (χ3v) is 2.80. The number of carbonyl (C=O) groups is 1. The van der Waals surface area contributed by atoms with Gasteiger partial charge >= 0.3 is 0 Å². The van der Waals surface area contributed by atoms with Crippen molar-refractivity contribution in [2.45, 2.75) is 12.5 Å². The van der Waals surface area contributed by atoms with Crippen molar-refractivity contribution in [3.8, 4) is 0 Å². The third kappa shape index (κ3) is 3.95. The summed E-state index contributed by atoms with van der Waals surface area (Å²) in [4.78, 5) is 11.1. The Morgan fingerprint density at radius 1 is 1.31 bits per heavy atom. The highest BCUT2D eigenvalue weighted by atomic mass is 32.2. The normalized spacial score (nSPS) is 13.3. The zero-order valence-electron chi connectivity index (χ0n) is 8.44. The van der Waals surface area contributed by atoms with E-state index in [1.807, 2.05) is 0 Å². The van der Waals surface area contributed by atoms with Crippen LogP contribution in [0.2, 0.25) is 0 Å². The molecule has 16 heavy (non-hydrogen) atoms. The summed E-state index contributed by atoms with van der Waals surface area (Å²) in [5.41, 5.74) is 5.14. The van der Waals surface area contributed by atoms with Crippen LogP contribution < -0.4 is 10.3 Å². The second-order valence-electron chi connectivity index (χ2n) is 3.29. The molecule has 2 N–H and O–H groups in total. The highest BCUT2D eigenvalue weighted by molar-refractivity contribution is 7.85. The maximum Gasteiger partial charge on any atom is 0.286 e. The van der Waals surface area contributed by atoms with E-state index < -0.39 is 27.8 Å². The van der Waals surface area contributed by atoms with Crippen LogP contribution in [-0.2, 0) is 14.9 Å². The molecule has 0 aromatic carbocycles. The van der Waals surface area contributed by atoms with Gasteiger partial charge in [0.15, 0.2) is 12.4 Å². The first-order valence-corrected chi connectivity index (χ1v) is 6.16. The predicted molar refractivity (Wildman–Crippen MR) is 54.0 cm³/mol. The lowest BCUT2D eigenvalue weighted by molar-refractivity contribution is -0.709. The van der Waals surface area contributed by atoms with Crippen LogP contribution in [0, 0.1) is 0 Å².